The van der Waals surface area contributed by atoms with E-state index in [2.05, 4.69) is 4.98 Å². The van der Waals surface area contributed by atoms with Crippen molar-refractivity contribution in [2.45, 2.75) is 25.7 Å². The van der Waals surface area contributed by atoms with Gasteiger partial charge in [0.05, 0.1) is 0 Å². The normalized spacial score (nSPS) is 16.7. The van der Waals surface area contributed by atoms with Crippen LogP contribution in [0.5, 0.6) is 0 Å². The summed E-state index contributed by atoms with van der Waals surface area (Å²) in [6.45, 7) is 3.11. The van der Waals surface area contributed by atoms with Crippen LogP contribution in [0.1, 0.15) is 40.4 Å². The minimum atomic E-state index is -1.01. The van der Waals surface area contributed by atoms with Crippen molar-refractivity contribution in [1.29, 1.82) is 0 Å². The number of carbonyl (C=O) groups excluding carboxylic acids is 1. The molecule has 0 bridgehead atoms. The van der Waals surface area contributed by atoms with Crippen molar-refractivity contribution >= 4 is 5.91 Å². The molecule has 0 radical (unpaired) electrons. The van der Waals surface area contributed by atoms with Crippen molar-refractivity contribution < 1.29 is 13.6 Å². The van der Waals surface area contributed by atoms with Crippen molar-refractivity contribution in [3.63, 3.8) is 0 Å². The largest absolute Gasteiger partial charge is 0.338 e. The van der Waals surface area contributed by atoms with Crippen molar-refractivity contribution in [2.75, 3.05) is 13.1 Å². The molecule has 6 heteroatoms. The summed E-state index contributed by atoms with van der Waals surface area (Å²) in [6.07, 6.45) is 3.48. The Bertz CT molecular complexity index is 1040. The monoisotopic (exact) mass is 393 g/mol. The molecule has 2 heterocycles. The molecule has 0 saturated carbocycles. The first-order valence-electron chi connectivity index (χ1n) is 9.65. The van der Waals surface area contributed by atoms with Gasteiger partial charge in [0, 0.05) is 42.0 Å². The van der Waals surface area contributed by atoms with E-state index >= 15 is 0 Å². The highest BCUT2D eigenvalue weighted by atomic mass is 19.2. The molecular formula is C23H21F2N3O. The molecule has 1 aromatic heterocycles. The first-order valence-corrected chi connectivity index (χ1v) is 9.65. The Labute approximate surface area is 168 Å². The highest BCUT2D eigenvalue weighted by molar-refractivity contribution is 5.94. The van der Waals surface area contributed by atoms with Crippen molar-refractivity contribution in [1.82, 2.24) is 14.9 Å². The summed E-state index contributed by atoms with van der Waals surface area (Å²) in [4.78, 5) is 23.6. The van der Waals surface area contributed by atoms with Gasteiger partial charge in [0.1, 0.15) is 0 Å². The maximum absolute atomic E-state index is 13.5. The fourth-order valence-electron chi connectivity index (χ4n) is 3.66. The van der Waals surface area contributed by atoms with Crippen LogP contribution in [0.25, 0.3) is 11.4 Å². The fraction of sp³-hybridized carbons (Fsp3) is 0.261. The van der Waals surface area contributed by atoms with Gasteiger partial charge in [0.15, 0.2) is 17.5 Å². The maximum atomic E-state index is 13.5. The number of amides is 1. The van der Waals surface area contributed by atoms with E-state index in [1.54, 1.807) is 11.1 Å². The lowest BCUT2D eigenvalue weighted by molar-refractivity contribution is 0.0705. The van der Waals surface area contributed by atoms with Gasteiger partial charge in [-0.15, -0.1) is 0 Å². The molecule has 0 N–H and O–H groups in total. The van der Waals surface area contributed by atoms with Gasteiger partial charge in [0.25, 0.3) is 5.91 Å². The van der Waals surface area contributed by atoms with E-state index in [1.165, 1.54) is 11.6 Å². The highest BCUT2D eigenvalue weighted by Crippen LogP contribution is 2.28. The molecule has 3 aromatic rings. The zero-order valence-electron chi connectivity index (χ0n) is 16.1. The molecule has 0 unspecified atom stereocenters. The van der Waals surface area contributed by atoms with Crippen LogP contribution in [0.3, 0.4) is 0 Å². The molecule has 1 aliphatic heterocycles. The van der Waals surface area contributed by atoms with Gasteiger partial charge in [-0.25, -0.2) is 18.7 Å². The lowest BCUT2D eigenvalue weighted by atomic mass is 9.94. The van der Waals surface area contributed by atoms with Gasteiger partial charge >= 0.3 is 0 Å². The number of hydrogen-bond donors (Lipinski definition) is 0. The second kappa shape index (κ2) is 8.07. The number of aromatic nitrogens is 2. The summed E-state index contributed by atoms with van der Waals surface area (Å²) in [5, 5.41) is 0. The zero-order valence-corrected chi connectivity index (χ0v) is 16.1. The average molecular weight is 393 g/mol. The lowest BCUT2D eigenvalue weighted by Crippen LogP contribution is -2.39. The molecule has 1 atom stereocenters. The zero-order chi connectivity index (χ0) is 20.4. The minimum Gasteiger partial charge on any atom is -0.338 e. The van der Waals surface area contributed by atoms with Crippen LogP contribution in [0.2, 0.25) is 0 Å². The number of halogens is 2. The first-order chi connectivity index (χ1) is 14.0. The van der Waals surface area contributed by atoms with E-state index in [9.17, 15) is 13.6 Å². The predicted molar refractivity (Wildman–Crippen MR) is 106 cm³/mol. The van der Waals surface area contributed by atoms with Gasteiger partial charge in [-0.05, 0) is 44.0 Å². The Morgan fingerprint density at radius 2 is 1.86 bits per heavy atom. The number of rotatable bonds is 3. The van der Waals surface area contributed by atoms with Gasteiger partial charge in [-0.3, -0.25) is 4.79 Å². The van der Waals surface area contributed by atoms with Crippen molar-refractivity contribution in [3.8, 4) is 11.4 Å². The Kier molecular flexibility index (Phi) is 5.34. The first kappa shape index (κ1) is 19.2. The van der Waals surface area contributed by atoms with Crippen molar-refractivity contribution in [3.05, 3.63) is 83.2 Å². The topological polar surface area (TPSA) is 46.1 Å². The van der Waals surface area contributed by atoms with Crippen LogP contribution in [0.4, 0.5) is 8.78 Å². The number of likely N-dealkylation sites (tertiary alicyclic amines) is 1. The van der Waals surface area contributed by atoms with Crippen LogP contribution in [-0.2, 0) is 0 Å². The molecule has 29 heavy (non-hydrogen) atoms. The smallest absolute Gasteiger partial charge is 0.253 e. The summed E-state index contributed by atoms with van der Waals surface area (Å²) >= 11 is 0. The Morgan fingerprint density at radius 3 is 2.62 bits per heavy atom. The van der Waals surface area contributed by atoms with E-state index in [0.29, 0.717) is 18.9 Å². The van der Waals surface area contributed by atoms with Gasteiger partial charge in [-0.2, -0.15) is 0 Å². The van der Waals surface area contributed by atoms with E-state index in [4.69, 9.17) is 4.98 Å². The molecular weight excluding hydrogens is 372 g/mol. The number of benzene rings is 2. The third-order valence-electron chi connectivity index (χ3n) is 5.28. The summed E-state index contributed by atoms with van der Waals surface area (Å²) < 4.78 is 26.7. The molecule has 4 nitrogen and oxygen atoms in total. The van der Waals surface area contributed by atoms with E-state index in [-0.39, 0.29) is 17.4 Å². The number of carbonyl (C=O) groups is 1. The number of hydrogen-bond acceptors (Lipinski definition) is 3. The molecule has 1 aliphatic rings. The van der Waals surface area contributed by atoms with E-state index in [1.807, 2.05) is 37.3 Å². The third kappa shape index (κ3) is 4.16. The number of piperidine rings is 1. The minimum absolute atomic E-state index is 0.0743. The molecule has 1 fully saturated rings. The Hall–Kier alpha value is -3.15. The summed E-state index contributed by atoms with van der Waals surface area (Å²) in [5.74, 6) is -1.52. The standard InChI is InChI=1S/C23H21F2N3O/c1-15-4-6-16(7-5-15)22-26-11-10-21(27-22)18-3-2-12-28(14-18)23(29)17-8-9-19(24)20(25)13-17/h4-11,13,18H,2-3,12,14H2,1H3/t18-/m0/s1. The molecule has 4 rings (SSSR count). The maximum Gasteiger partial charge on any atom is 0.253 e. The van der Waals surface area contributed by atoms with Gasteiger partial charge < -0.3 is 4.90 Å². The lowest BCUT2D eigenvalue weighted by Gasteiger charge is -2.32. The fourth-order valence-corrected chi connectivity index (χ4v) is 3.66. The quantitative estimate of drug-likeness (QED) is 0.645. The van der Waals surface area contributed by atoms with Gasteiger partial charge in [-0.1, -0.05) is 29.8 Å². The SMILES string of the molecule is Cc1ccc(-c2nccc([C@H]3CCCN(C(=O)c4ccc(F)c(F)c4)C3)n2)cc1. The molecule has 2 aromatic carbocycles. The predicted octanol–water partition coefficient (Wildman–Crippen LogP) is 4.75. The van der Waals surface area contributed by atoms with Gasteiger partial charge in [0.2, 0.25) is 0 Å². The molecule has 1 saturated heterocycles. The van der Waals surface area contributed by atoms with Crippen LogP contribution >= 0.6 is 0 Å². The highest BCUT2D eigenvalue weighted by Gasteiger charge is 2.27. The van der Waals surface area contributed by atoms with E-state index < -0.39 is 11.6 Å². The number of nitrogens with zero attached hydrogens (tertiary/aromatic N) is 3. The third-order valence-corrected chi connectivity index (χ3v) is 5.28. The van der Waals surface area contributed by atoms with Crippen LogP contribution in [0.15, 0.2) is 54.7 Å². The van der Waals surface area contributed by atoms with Crippen LogP contribution in [0, 0.1) is 18.6 Å². The molecule has 148 valence electrons. The van der Waals surface area contributed by atoms with Crippen molar-refractivity contribution in [2.24, 2.45) is 0 Å². The summed E-state index contributed by atoms with van der Waals surface area (Å²) in [6, 6.07) is 13.2. The average Bonchev–Trinajstić information content (AvgIpc) is 2.76. The van der Waals surface area contributed by atoms with E-state index in [0.717, 1.165) is 36.2 Å². The Morgan fingerprint density at radius 1 is 1.07 bits per heavy atom. The Balaban J connectivity index is 1.54. The molecule has 0 aliphatic carbocycles. The molecule has 0 spiro atoms. The second-order valence-electron chi connectivity index (χ2n) is 7.39. The molecule has 1 amide bonds. The summed E-state index contributed by atoms with van der Waals surface area (Å²) in [5.41, 5.74) is 3.16. The summed E-state index contributed by atoms with van der Waals surface area (Å²) in [7, 11) is 0. The van der Waals surface area contributed by atoms with Crippen LogP contribution in [-0.4, -0.2) is 33.9 Å². The number of aryl methyl sites for hydroxylation is 1. The van der Waals surface area contributed by atoms with Crippen LogP contribution < -0.4 is 0 Å². The second-order valence-corrected chi connectivity index (χ2v) is 7.39.